The van der Waals surface area contributed by atoms with Crippen molar-refractivity contribution in [2.75, 3.05) is 11.9 Å². The van der Waals surface area contributed by atoms with Crippen molar-refractivity contribution < 1.29 is 13.2 Å². The van der Waals surface area contributed by atoms with Gasteiger partial charge in [-0.3, -0.25) is 4.68 Å². The Bertz CT molecular complexity index is 493. The fourth-order valence-electron chi connectivity index (χ4n) is 1.43. The maximum absolute atomic E-state index is 12.4. The van der Waals surface area contributed by atoms with E-state index < -0.39 is 11.7 Å². The number of nitrogens with zero attached hydrogens (tertiary/aromatic N) is 3. The van der Waals surface area contributed by atoms with Gasteiger partial charge in [0.1, 0.15) is 5.82 Å². The van der Waals surface area contributed by atoms with Gasteiger partial charge >= 0.3 is 6.18 Å². The molecule has 0 atom stereocenters. The van der Waals surface area contributed by atoms with E-state index in [1.54, 1.807) is 23.1 Å². The van der Waals surface area contributed by atoms with E-state index in [9.17, 15) is 13.2 Å². The zero-order chi connectivity index (χ0) is 13.0. The van der Waals surface area contributed by atoms with Gasteiger partial charge in [0.2, 0.25) is 0 Å². The molecule has 0 radical (unpaired) electrons. The van der Waals surface area contributed by atoms with Gasteiger partial charge in [0.05, 0.1) is 12.1 Å². The molecule has 0 aromatic carbocycles. The van der Waals surface area contributed by atoms with Crippen LogP contribution < -0.4 is 5.32 Å². The fourth-order valence-corrected chi connectivity index (χ4v) is 1.43. The van der Waals surface area contributed by atoms with Crippen LogP contribution in [0.4, 0.5) is 19.0 Å². The number of nitrogens with one attached hydrogen (secondary N) is 1. The summed E-state index contributed by atoms with van der Waals surface area (Å²) in [6.45, 7) is 1.01. The maximum atomic E-state index is 12.4. The number of alkyl halides is 3. The molecule has 2 rings (SSSR count). The highest BCUT2D eigenvalue weighted by Gasteiger charge is 2.30. The van der Waals surface area contributed by atoms with Gasteiger partial charge in [-0.15, -0.1) is 0 Å². The summed E-state index contributed by atoms with van der Waals surface area (Å²) in [5, 5.41) is 6.80. The summed E-state index contributed by atoms with van der Waals surface area (Å²) in [5.41, 5.74) is -0.709. The lowest BCUT2D eigenvalue weighted by atomic mass is 10.2. The van der Waals surface area contributed by atoms with Gasteiger partial charge in [-0.2, -0.15) is 18.3 Å². The van der Waals surface area contributed by atoms with Gasteiger partial charge in [0.15, 0.2) is 0 Å². The molecule has 18 heavy (non-hydrogen) atoms. The highest BCUT2D eigenvalue weighted by Crippen LogP contribution is 2.29. The van der Waals surface area contributed by atoms with Crippen LogP contribution in [0.3, 0.4) is 0 Å². The molecule has 2 heterocycles. The molecule has 0 spiro atoms. The molecule has 0 aliphatic carbocycles. The van der Waals surface area contributed by atoms with Crippen LogP contribution in [-0.4, -0.2) is 21.3 Å². The van der Waals surface area contributed by atoms with E-state index in [-0.39, 0.29) is 5.82 Å². The third kappa shape index (κ3) is 3.22. The van der Waals surface area contributed by atoms with Crippen molar-refractivity contribution in [3.63, 3.8) is 0 Å². The molecule has 0 aliphatic rings. The lowest BCUT2D eigenvalue weighted by Gasteiger charge is -2.09. The zero-order valence-corrected chi connectivity index (χ0v) is 9.35. The van der Waals surface area contributed by atoms with Crippen LogP contribution >= 0.6 is 0 Å². The summed E-state index contributed by atoms with van der Waals surface area (Å²) in [6, 6.07) is 3.71. The molecule has 0 amide bonds. The van der Waals surface area contributed by atoms with Gasteiger partial charge in [-0.05, 0) is 18.2 Å². The Balaban J connectivity index is 1.93. The van der Waals surface area contributed by atoms with Crippen LogP contribution in [0, 0.1) is 0 Å². The minimum Gasteiger partial charge on any atom is -0.368 e. The first kappa shape index (κ1) is 12.4. The van der Waals surface area contributed by atoms with Gasteiger partial charge in [0.25, 0.3) is 0 Å². The van der Waals surface area contributed by atoms with Crippen LogP contribution in [-0.2, 0) is 12.7 Å². The largest absolute Gasteiger partial charge is 0.416 e. The fraction of sp³-hybridized carbons (Fsp3) is 0.273. The van der Waals surface area contributed by atoms with Gasteiger partial charge in [-0.25, -0.2) is 4.98 Å². The molecule has 96 valence electrons. The molecule has 0 saturated carbocycles. The molecule has 7 heteroatoms. The van der Waals surface area contributed by atoms with Crippen molar-refractivity contribution in [2.24, 2.45) is 0 Å². The molecule has 0 aliphatic heterocycles. The average molecular weight is 256 g/mol. The Morgan fingerprint density at radius 3 is 2.78 bits per heavy atom. The number of hydrogen-bond acceptors (Lipinski definition) is 3. The van der Waals surface area contributed by atoms with Gasteiger partial charge < -0.3 is 5.32 Å². The Morgan fingerprint density at radius 2 is 2.11 bits per heavy atom. The predicted octanol–water partition coefficient (Wildman–Crippen LogP) is 2.41. The van der Waals surface area contributed by atoms with Crippen molar-refractivity contribution >= 4 is 5.82 Å². The topological polar surface area (TPSA) is 42.7 Å². The third-order valence-electron chi connectivity index (χ3n) is 2.29. The zero-order valence-electron chi connectivity index (χ0n) is 9.35. The van der Waals surface area contributed by atoms with Crippen LogP contribution in [0.5, 0.6) is 0 Å². The smallest absolute Gasteiger partial charge is 0.368 e. The second-order valence-corrected chi connectivity index (χ2v) is 3.62. The first-order valence-electron chi connectivity index (χ1n) is 5.30. The molecule has 2 aromatic rings. The van der Waals surface area contributed by atoms with Crippen molar-refractivity contribution in [3.8, 4) is 0 Å². The molecule has 0 saturated heterocycles. The molecule has 4 nitrogen and oxygen atoms in total. The van der Waals surface area contributed by atoms with Crippen LogP contribution in [0.25, 0.3) is 0 Å². The molecular weight excluding hydrogens is 245 g/mol. The number of rotatable bonds is 4. The lowest BCUT2D eigenvalue weighted by molar-refractivity contribution is -0.137. The Hall–Kier alpha value is -2.05. The second kappa shape index (κ2) is 5.07. The van der Waals surface area contributed by atoms with Gasteiger partial charge in [-0.1, -0.05) is 0 Å². The highest BCUT2D eigenvalue weighted by molar-refractivity contribution is 5.38. The Morgan fingerprint density at radius 1 is 1.28 bits per heavy atom. The molecule has 0 bridgehead atoms. The molecule has 0 unspecified atom stereocenters. The van der Waals surface area contributed by atoms with E-state index in [0.29, 0.717) is 13.1 Å². The van der Waals surface area contributed by atoms with E-state index >= 15 is 0 Å². The van der Waals surface area contributed by atoms with Crippen molar-refractivity contribution in [3.05, 3.63) is 42.4 Å². The van der Waals surface area contributed by atoms with E-state index in [0.717, 1.165) is 18.3 Å². The van der Waals surface area contributed by atoms with E-state index in [4.69, 9.17) is 0 Å². The SMILES string of the molecule is FC(F)(F)c1ccnc(NCCn2cccn2)c1. The third-order valence-corrected chi connectivity index (χ3v) is 2.29. The summed E-state index contributed by atoms with van der Waals surface area (Å²) in [7, 11) is 0. The van der Waals surface area contributed by atoms with Gasteiger partial charge in [0, 0.05) is 25.1 Å². The van der Waals surface area contributed by atoms with E-state index in [1.807, 2.05) is 0 Å². The van der Waals surface area contributed by atoms with E-state index in [2.05, 4.69) is 15.4 Å². The first-order chi connectivity index (χ1) is 8.55. The van der Waals surface area contributed by atoms with Crippen LogP contribution in [0.2, 0.25) is 0 Å². The normalized spacial score (nSPS) is 11.5. The Kier molecular flexibility index (Phi) is 3.50. The summed E-state index contributed by atoms with van der Waals surface area (Å²) in [6.07, 6.45) is 0.212. The number of hydrogen-bond donors (Lipinski definition) is 1. The minimum absolute atomic E-state index is 0.206. The second-order valence-electron chi connectivity index (χ2n) is 3.62. The number of aromatic nitrogens is 3. The van der Waals surface area contributed by atoms with Crippen LogP contribution in [0.15, 0.2) is 36.8 Å². The average Bonchev–Trinajstić information content (AvgIpc) is 2.81. The standard InChI is InChI=1S/C11H11F3N4/c12-11(13,14)9-2-4-15-10(8-9)16-5-7-18-6-1-3-17-18/h1-4,6,8H,5,7H2,(H,15,16). The van der Waals surface area contributed by atoms with E-state index in [1.165, 1.54) is 0 Å². The minimum atomic E-state index is -4.35. The molecular formula is C11H11F3N4. The van der Waals surface area contributed by atoms with Crippen LogP contribution in [0.1, 0.15) is 5.56 Å². The quantitative estimate of drug-likeness (QED) is 0.913. The summed E-state index contributed by atoms with van der Waals surface area (Å²) >= 11 is 0. The summed E-state index contributed by atoms with van der Waals surface area (Å²) in [4.78, 5) is 3.83. The lowest BCUT2D eigenvalue weighted by Crippen LogP contribution is -2.12. The monoisotopic (exact) mass is 256 g/mol. The van der Waals surface area contributed by atoms with Crippen molar-refractivity contribution in [1.82, 2.24) is 14.8 Å². The number of pyridine rings is 1. The van der Waals surface area contributed by atoms with Crippen molar-refractivity contribution in [1.29, 1.82) is 0 Å². The maximum Gasteiger partial charge on any atom is 0.416 e. The molecule has 2 aromatic heterocycles. The summed E-state index contributed by atoms with van der Waals surface area (Å²) < 4.78 is 39.0. The van der Waals surface area contributed by atoms with Crippen molar-refractivity contribution in [2.45, 2.75) is 12.7 Å². The first-order valence-corrected chi connectivity index (χ1v) is 5.30. The number of anilines is 1. The predicted molar refractivity (Wildman–Crippen MR) is 60.0 cm³/mol. The molecule has 1 N–H and O–H groups in total. The highest BCUT2D eigenvalue weighted by atomic mass is 19.4. The summed E-state index contributed by atoms with van der Waals surface area (Å²) in [5.74, 6) is 0.206. The Labute approximate surface area is 101 Å². The number of halogens is 3. The molecule has 0 fully saturated rings.